The number of fused-ring (bicyclic) bond motifs is 5. The first kappa shape index (κ1) is 46.9. The SMILES string of the molecule is CC(C)(C)c1cc(C2=CB3C(N4[CH-]N(c5[c-]c(Oc6[c-]c7c(cc6)c6ccccc6n7-c6cc(C(C)(C)C)ccn6)ccc5)c5ccccc54)=C(c4ccccc4)C=CN3C=C2)cc(C(C)(C)C)c1.[Pt]. The molecular weight excluding hydrogens is 1040 g/mol. The van der Waals surface area contributed by atoms with Gasteiger partial charge in [0.05, 0.1) is 0 Å². The van der Waals surface area contributed by atoms with E-state index in [4.69, 9.17) is 9.72 Å². The van der Waals surface area contributed by atoms with E-state index in [1.165, 1.54) is 33.4 Å². The fourth-order valence-electron chi connectivity index (χ4n) is 9.75. The van der Waals surface area contributed by atoms with Crippen molar-refractivity contribution in [1.82, 2.24) is 14.4 Å². The van der Waals surface area contributed by atoms with Gasteiger partial charge in [-0.2, -0.15) is 12.1 Å². The summed E-state index contributed by atoms with van der Waals surface area (Å²) < 4.78 is 8.90. The van der Waals surface area contributed by atoms with Gasteiger partial charge in [-0.25, -0.2) is 4.98 Å². The zero-order chi connectivity index (χ0) is 47.8. The van der Waals surface area contributed by atoms with E-state index in [1.807, 2.05) is 24.4 Å². The van der Waals surface area contributed by atoms with Gasteiger partial charge in [-0.15, -0.1) is 48.1 Å². The Bertz CT molecular complexity index is 3400. The third-order valence-electron chi connectivity index (χ3n) is 13.7. The van der Waals surface area contributed by atoms with Crippen LogP contribution in [0.15, 0.2) is 182 Å². The van der Waals surface area contributed by atoms with E-state index in [0.717, 1.165) is 55.8 Å². The molecule has 0 amide bonds. The van der Waals surface area contributed by atoms with Crippen LogP contribution in [0.1, 0.15) is 90.1 Å². The number of aromatic nitrogens is 2. The summed E-state index contributed by atoms with van der Waals surface area (Å²) in [6.45, 7) is 22.6. The standard InChI is InChI=1S/C62H57BN5O.Pt/c1-60(2,3)45-28-31-64-58(37-45)68-54-23-14-13-22-52(54)53-27-26-50(39-57(53)68)69-49-21-17-20-48(38-49)66-41-67(56-25-16-15-24-55(56)66)59-51(42-18-11-10-12-19-42)30-33-65-32-29-43(40-63(59)65)44-34-46(61(4,5)6)36-47(35-44)62(7,8)9;/h10-37,40-41H,1-9H3;/q-3;. The first-order valence-electron chi connectivity index (χ1n) is 24.1. The summed E-state index contributed by atoms with van der Waals surface area (Å²) in [5.74, 6) is 4.49. The average molecular weight is 1090 g/mol. The molecule has 0 aliphatic carbocycles. The Balaban J connectivity index is 0.00000567. The predicted molar refractivity (Wildman–Crippen MR) is 288 cm³/mol. The molecule has 0 saturated carbocycles. The third kappa shape index (κ3) is 8.64. The van der Waals surface area contributed by atoms with E-state index >= 15 is 0 Å². The van der Waals surface area contributed by atoms with Gasteiger partial charge in [0.1, 0.15) is 5.82 Å². The number of allylic oxidation sites excluding steroid dienone is 4. The Labute approximate surface area is 428 Å². The van der Waals surface area contributed by atoms with Gasteiger partial charge in [-0.3, -0.25) is 0 Å². The van der Waals surface area contributed by atoms with Crippen LogP contribution >= 0.6 is 0 Å². The van der Waals surface area contributed by atoms with Crippen molar-refractivity contribution in [3.05, 3.63) is 228 Å². The van der Waals surface area contributed by atoms with Gasteiger partial charge in [0.25, 0.3) is 0 Å². The number of hydrogen-bond donors (Lipinski definition) is 0. The van der Waals surface area contributed by atoms with Gasteiger partial charge >= 0.3 is 6.85 Å². The summed E-state index contributed by atoms with van der Waals surface area (Å²) in [7, 11) is 0. The molecule has 3 aliphatic rings. The molecule has 8 heteroatoms. The minimum absolute atomic E-state index is 0. The molecule has 2 aromatic heterocycles. The molecule has 3 aliphatic heterocycles. The second kappa shape index (κ2) is 17.9. The normalized spacial score (nSPS) is 14.8. The minimum atomic E-state index is -0.100. The van der Waals surface area contributed by atoms with Crippen molar-refractivity contribution in [1.29, 1.82) is 0 Å². The van der Waals surface area contributed by atoms with Crippen LogP contribution in [0, 0.1) is 18.8 Å². The third-order valence-corrected chi connectivity index (χ3v) is 13.7. The van der Waals surface area contributed by atoms with Crippen molar-refractivity contribution >= 4 is 56.9 Å². The fraction of sp³-hybridized carbons (Fsp3) is 0.194. The molecule has 6 aromatic carbocycles. The number of nitrogens with zero attached hydrogens (tertiary/aromatic N) is 5. The molecule has 0 atom stereocenters. The van der Waals surface area contributed by atoms with Gasteiger partial charge in [0.15, 0.2) is 0 Å². The molecule has 6 nitrogen and oxygen atoms in total. The zero-order valence-electron chi connectivity index (χ0n) is 41.4. The number of hydrogen-bond acceptors (Lipinski definition) is 5. The molecular formula is C62H57BN5OPt-3. The number of pyridine rings is 1. The van der Waals surface area contributed by atoms with E-state index in [2.05, 4.69) is 252 Å². The average Bonchev–Trinajstić information content (AvgIpc) is 3.89. The Morgan fingerprint density at radius 3 is 1.96 bits per heavy atom. The Hall–Kier alpha value is -6.82. The molecule has 352 valence electrons. The molecule has 70 heavy (non-hydrogen) atoms. The zero-order valence-corrected chi connectivity index (χ0v) is 43.6. The molecule has 0 saturated heterocycles. The molecule has 5 heterocycles. The largest absolute Gasteiger partial charge is 0.509 e. The van der Waals surface area contributed by atoms with E-state index in [9.17, 15) is 0 Å². The summed E-state index contributed by atoms with van der Waals surface area (Å²) in [5.41, 5.74) is 14.8. The number of benzene rings is 6. The summed E-state index contributed by atoms with van der Waals surface area (Å²) >= 11 is 0. The van der Waals surface area contributed by atoms with Crippen LogP contribution in [0.2, 0.25) is 0 Å². The number of anilines is 3. The van der Waals surface area contributed by atoms with Crippen LogP contribution in [0.5, 0.6) is 11.5 Å². The van der Waals surface area contributed by atoms with E-state index in [0.29, 0.717) is 11.5 Å². The monoisotopic (exact) mass is 1090 g/mol. The summed E-state index contributed by atoms with van der Waals surface area (Å²) in [5, 5.41) is 2.23. The van der Waals surface area contributed by atoms with Gasteiger partial charge in [0, 0.05) is 55.7 Å². The number of ether oxygens (including phenoxy) is 1. The van der Waals surface area contributed by atoms with Gasteiger partial charge in [-0.05, 0) is 121 Å². The van der Waals surface area contributed by atoms with Crippen molar-refractivity contribution in [2.75, 3.05) is 9.80 Å². The van der Waals surface area contributed by atoms with Crippen molar-refractivity contribution < 1.29 is 25.8 Å². The minimum Gasteiger partial charge on any atom is -0.509 e. The van der Waals surface area contributed by atoms with Crippen molar-refractivity contribution in [3.8, 4) is 17.3 Å². The molecule has 0 spiro atoms. The molecule has 8 aromatic rings. The van der Waals surface area contributed by atoms with Crippen molar-refractivity contribution in [2.45, 2.75) is 78.6 Å². The predicted octanol–water partition coefficient (Wildman–Crippen LogP) is 15.5. The maximum Gasteiger partial charge on any atom is 0.335 e. The van der Waals surface area contributed by atoms with Crippen LogP contribution in [-0.2, 0) is 37.3 Å². The van der Waals surface area contributed by atoms with Crippen molar-refractivity contribution in [3.63, 3.8) is 0 Å². The maximum atomic E-state index is 6.70. The number of rotatable bonds is 7. The molecule has 0 N–H and O–H groups in total. The first-order chi connectivity index (χ1) is 33.1. The molecule has 0 fully saturated rings. The smallest absolute Gasteiger partial charge is 0.335 e. The van der Waals surface area contributed by atoms with Crippen LogP contribution in [0.3, 0.4) is 0 Å². The molecule has 11 rings (SSSR count). The Kier molecular flexibility index (Phi) is 12.0. The van der Waals surface area contributed by atoms with Gasteiger partial charge < -0.3 is 23.9 Å². The van der Waals surface area contributed by atoms with Gasteiger partial charge in [0.2, 0.25) is 0 Å². The van der Waals surface area contributed by atoms with E-state index in [1.54, 1.807) is 0 Å². The molecule has 0 bridgehead atoms. The molecule has 0 unspecified atom stereocenters. The van der Waals surface area contributed by atoms with E-state index in [-0.39, 0.29) is 44.2 Å². The second-order valence-electron chi connectivity index (χ2n) is 21.5. The summed E-state index contributed by atoms with van der Waals surface area (Å²) in [4.78, 5) is 11.8. The Morgan fingerprint density at radius 1 is 0.571 bits per heavy atom. The Morgan fingerprint density at radius 2 is 1.23 bits per heavy atom. The fourth-order valence-corrected chi connectivity index (χ4v) is 9.75. The van der Waals surface area contributed by atoms with Gasteiger partial charge in [-0.1, -0.05) is 153 Å². The quantitative estimate of drug-likeness (QED) is 0.117. The molecule has 0 radical (unpaired) electrons. The summed E-state index contributed by atoms with van der Waals surface area (Å²) in [6, 6.07) is 56.9. The summed E-state index contributed by atoms with van der Waals surface area (Å²) in [6.07, 6.45) is 10.9. The van der Waals surface area contributed by atoms with Crippen LogP contribution in [-0.4, -0.2) is 21.2 Å². The number of para-hydroxylation sites is 3. The van der Waals surface area contributed by atoms with Crippen LogP contribution < -0.4 is 14.5 Å². The van der Waals surface area contributed by atoms with Crippen molar-refractivity contribution in [2.24, 2.45) is 0 Å². The topological polar surface area (TPSA) is 36.8 Å². The van der Waals surface area contributed by atoms with Crippen LogP contribution in [0.25, 0.3) is 38.8 Å². The first-order valence-corrected chi connectivity index (χ1v) is 24.1. The van der Waals surface area contributed by atoms with Crippen LogP contribution in [0.4, 0.5) is 17.1 Å². The second-order valence-corrected chi connectivity index (χ2v) is 21.5. The maximum absolute atomic E-state index is 6.70. The van der Waals surface area contributed by atoms with E-state index < -0.39 is 0 Å².